The van der Waals surface area contributed by atoms with Crippen LogP contribution < -0.4 is 5.32 Å². The van der Waals surface area contributed by atoms with E-state index in [0.29, 0.717) is 18.7 Å². The summed E-state index contributed by atoms with van der Waals surface area (Å²) >= 11 is 0. The molecule has 3 rings (SSSR count). The summed E-state index contributed by atoms with van der Waals surface area (Å²) in [5, 5.41) is 2.94. The number of carbonyl (C=O) groups is 1. The monoisotopic (exact) mass is 279 g/mol. The molecular weight excluding hydrogens is 262 g/mol. The fraction of sp³-hybridized carbons (Fsp3) is 0.176. The highest BCUT2D eigenvalue weighted by molar-refractivity contribution is 5.94. The second-order valence-electron chi connectivity index (χ2n) is 4.92. The number of rotatable bonds is 4. The topological polar surface area (TPSA) is 46.9 Å². The van der Waals surface area contributed by atoms with Gasteiger partial charge in [0, 0.05) is 18.7 Å². The van der Waals surface area contributed by atoms with E-state index in [1.165, 1.54) is 0 Å². The number of imidazole rings is 1. The van der Waals surface area contributed by atoms with Crippen molar-refractivity contribution >= 4 is 16.9 Å². The molecule has 0 atom stereocenters. The third-order valence-corrected chi connectivity index (χ3v) is 3.50. The average Bonchev–Trinajstić information content (AvgIpc) is 2.84. The van der Waals surface area contributed by atoms with Gasteiger partial charge < -0.3 is 9.88 Å². The van der Waals surface area contributed by atoms with Gasteiger partial charge in [-0.3, -0.25) is 4.79 Å². The maximum atomic E-state index is 12.0. The van der Waals surface area contributed by atoms with Gasteiger partial charge in [-0.05, 0) is 31.2 Å². The van der Waals surface area contributed by atoms with Gasteiger partial charge in [0.25, 0.3) is 5.91 Å². The van der Waals surface area contributed by atoms with E-state index in [9.17, 15) is 4.79 Å². The largest absolute Gasteiger partial charge is 0.350 e. The van der Waals surface area contributed by atoms with Crippen molar-refractivity contribution in [1.82, 2.24) is 14.9 Å². The summed E-state index contributed by atoms with van der Waals surface area (Å²) in [7, 11) is 0. The van der Waals surface area contributed by atoms with Crippen LogP contribution in [0.4, 0.5) is 0 Å². The lowest BCUT2D eigenvalue weighted by Crippen LogP contribution is -2.27. The number of hydrogen-bond donors (Lipinski definition) is 1. The Morgan fingerprint density at radius 1 is 1.10 bits per heavy atom. The first-order valence-electron chi connectivity index (χ1n) is 7.01. The number of aromatic nitrogens is 2. The Hall–Kier alpha value is -2.62. The number of nitrogens with one attached hydrogen (secondary N) is 1. The lowest BCUT2D eigenvalue weighted by Gasteiger charge is -2.08. The molecule has 0 fully saturated rings. The number of fused-ring (bicyclic) bond motifs is 1. The molecule has 0 aliphatic heterocycles. The number of aryl methyl sites for hydroxylation is 1. The van der Waals surface area contributed by atoms with E-state index < -0.39 is 0 Å². The lowest BCUT2D eigenvalue weighted by molar-refractivity contribution is 0.0952. The second kappa shape index (κ2) is 5.79. The van der Waals surface area contributed by atoms with Gasteiger partial charge in [0.15, 0.2) is 0 Å². The molecule has 0 aliphatic rings. The van der Waals surface area contributed by atoms with Gasteiger partial charge in [-0.1, -0.05) is 30.3 Å². The first-order chi connectivity index (χ1) is 10.3. The Morgan fingerprint density at radius 2 is 1.81 bits per heavy atom. The van der Waals surface area contributed by atoms with Crippen LogP contribution >= 0.6 is 0 Å². The predicted octanol–water partition coefficient (Wildman–Crippen LogP) is 2.77. The van der Waals surface area contributed by atoms with Crippen molar-refractivity contribution in [3.05, 3.63) is 66.0 Å². The van der Waals surface area contributed by atoms with Gasteiger partial charge in [-0.25, -0.2) is 4.98 Å². The highest BCUT2D eigenvalue weighted by Gasteiger charge is 2.07. The van der Waals surface area contributed by atoms with Crippen LogP contribution in [0.1, 0.15) is 16.2 Å². The van der Waals surface area contributed by atoms with Crippen LogP contribution in [0, 0.1) is 6.92 Å². The molecule has 4 heteroatoms. The maximum absolute atomic E-state index is 12.0. The highest BCUT2D eigenvalue weighted by Crippen LogP contribution is 2.14. The summed E-state index contributed by atoms with van der Waals surface area (Å²) < 4.78 is 2.13. The van der Waals surface area contributed by atoms with E-state index in [1.807, 2.05) is 61.5 Å². The normalized spacial score (nSPS) is 10.7. The third-order valence-electron chi connectivity index (χ3n) is 3.50. The van der Waals surface area contributed by atoms with Crippen molar-refractivity contribution in [2.45, 2.75) is 13.5 Å². The van der Waals surface area contributed by atoms with Gasteiger partial charge in [0.2, 0.25) is 0 Å². The van der Waals surface area contributed by atoms with Crippen LogP contribution in [0.5, 0.6) is 0 Å². The highest BCUT2D eigenvalue weighted by atomic mass is 16.1. The van der Waals surface area contributed by atoms with Gasteiger partial charge in [0.05, 0.1) is 11.0 Å². The van der Waals surface area contributed by atoms with Crippen LogP contribution in [0.2, 0.25) is 0 Å². The number of benzene rings is 2. The Morgan fingerprint density at radius 3 is 2.62 bits per heavy atom. The molecule has 0 unspecified atom stereocenters. The number of hydrogen-bond acceptors (Lipinski definition) is 2. The van der Waals surface area contributed by atoms with Gasteiger partial charge in [-0.2, -0.15) is 0 Å². The molecular formula is C17H17N3O. The summed E-state index contributed by atoms with van der Waals surface area (Å²) in [5.41, 5.74) is 2.78. The molecule has 0 spiro atoms. The Balaban J connectivity index is 1.67. The predicted molar refractivity (Wildman–Crippen MR) is 83.2 cm³/mol. The zero-order valence-corrected chi connectivity index (χ0v) is 11.9. The Kier molecular flexibility index (Phi) is 3.69. The van der Waals surface area contributed by atoms with Crippen LogP contribution in [0.3, 0.4) is 0 Å². The second-order valence-corrected chi connectivity index (χ2v) is 4.92. The molecule has 2 aromatic carbocycles. The molecule has 0 saturated carbocycles. The average molecular weight is 279 g/mol. The molecule has 4 nitrogen and oxygen atoms in total. The lowest BCUT2D eigenvalue weighted by atomic mass is 10.2. The van der Waals surface area contributed by atoms with Crippen molar-refractivity contribution in [3.8, 4) is 0 Å². The fourth-order valence-electron chi connectivity index (χ4n) is 2.45. The SMILES string of the molecule is Cc1nc2ccccc2n1CCNC(=O)c1ccccc1. The molecule has 3 aromatic rings. The van der Waals surface area contributed by atoms with Crippen molar-refractivity contribution in [2.24, 2.45) is 0 Å². The van der Waals surface area contributed by atoms with Gasteiger partial charge >= 0.3 is 0 Å². The summed E-state index contributed by atoms with van der Waals surface area (Å²) in [4.78, 5) is 16.5. The van der Waals surface area contributed by atoms with E-state index in [-0.39, 0.29) is 5.91 Å². The molecule has 106 valence electrons. The van der Waals surface area contributed by atoms with E-state index in [1.54, 1.807) is 0 Å². The number of nitrogens with zero attached hydrogens (tertiary/aromatic N) is 2. The number of para-hydroxylation sites is 2. The molecule has 0 bridgehead atoms. The molecule has 1 heterocycles. The Bertz CT molecular complexity index is 762. The van der Waals surface area contributed by atoms with Crippen molar-refractivity contribution in [1.29, 1.82) is 0 Å². The van der Waals surface area contributed by atoms with Gasteiger partial charge in [0.1, 0.15) is 5.82 Å². The first kappa shape index (κ1) is 13.4. The molecule has 0 saturated heterocycles. The van der Waals surface area contributed by atoms with Crippen molar-refractivity contribution in [3.63, 3.8) is 0 Å². The molecule has 1 aromatic heterocycles. The van der Waals surface area contributed by atoms with Crippen molar-refractivity contribution in [2.75, 3.05) is 6.54 Å². The molecule has 0 aliphatic carbocycles. The number of carbonyl (C=O) groups excluding carboxylic acids is 1. The van der Waals surface area contributed by atoms with E-state index in [2.05, 4.69) is 14.9 Å². The molecule has 21 heavy (non-hydrogen) atoms. The summed E-state index contributed by atoms with van der Waals surface area (Å²) in [6.45, 7) is 3.28. The minimum Gasteiger partial charge on any atom is -0.350 e. The van der Waals surface area contributed by atoms with Crippen LogP contribution in [0.15, 0.2) is 54.6 Å². The van der Waals surface area contributed by atoms with Crippen LogP contribution in [0.25, 0.3) is 11.0 Å². The zero-order valence-electron chi connectivity index (χ0n) is 11.9. The summed E-state index contributed by atoms with van der Waals surface area (Å²) in [5.74, 6) is 0.919. The molecule has 1 amide bonds. The summed E-state index contributed by atoms with van der Waals surface area (Å²) in [6.07, 6.45) is 0. The van der Waals surface area contributed by atoms with Crippen LogP contribution in [-0.2, 0) is 6.54 Å². The summed E-state index contributed by atoms with van der Waals surface area (Å²) in [6, 6.07) is 17.3. The molecule has 0 radical (unpaired) electrons. The minimum atomic E-state index is -0.0438. The fourth-order valence-corrected chi connectivity index (χ4v) is 2.45. The zero-order chi connectivity index (χ0) is 14.7. The van der Waals surface area contributed by atoms with Gasteiger partial charge in [-0.15, -0.1) is 0 Å². The third kappa shape index (κ3) is 2.79. The molecule has 1 N–H and O–H groups in total. The quantitative estimate of drug-likeness (QED) is 0.798. The Labute approximate surface area is 123 Å². The first-order valence-corrected chi connectivity index (χ1v) is 7.01. The van der Waals surface area contributed by atoms with E-state index in [4.69, 9.17) is 0 Å². The smallest absolute Gasteiger partial charge is 0.251 e. The number of amides is 1. The van der Waals surface area contributed by atoms with E-state index >= 15 is 0 Å². The minimum absolute atomic E-state index is 0.0438. The van der Waals surface area contributed by atoms with Crippen LogP contribution in [-0.4, -0.2) is 22.0 Å². The standard InChI is InChI=1S/C17H17N3O/c1-13-19-15-9-5-6-10-16(15)20(13)12-11-18-17(21)14-7-3-2-4-8-14/h2-10H,11-12H2,1H3,(H,18,21). The van der Waals surface area contributed by atoms with Crippen molar-refractivity contribution < 1.29 is 4.79 Å². The van der Waals surface area contributed by atoms with E-state index in [0.717, 1.165) is 16.9 Å². The maximum Gasteiger partial charge on any atom is 0.251 e.